The molecule has 0 aliphatic carbocycles. The van der Waals surface area contributed by atoms with Crippen LogP contribution in [0, 0.1) is 0 Å². The highest BCUT2D eigenvalue weighted by Gasteiger charge is 2.09. The van der Waals surface area contributed by atoms with E-state index in [1.807, 2.05) is 0 Å². The van der Waals surface area contributed by atoms with Gasteiger partial charge in [-0.05, 0) is 54.0 Å². The highest BCUT2D eigenvalue weighted by molar-refractivity contribution is 6.10. The molecular weight excluding hydrogens is 384 g/mol. The zero-order chi connectivity index (χ0) is 22.1. The number of hydrogen-bond donors (Lipinski definition) is 2. The Kier molecular flexibility index (Phi) is 7.99. The molecule has 0 amide bonds. The van der Waals surface area contributed by atoms with E-state index in [1.165, 1.54) is 32.4 Å². The molecule has 0 aromatic heterocycles. The average Bonchev–Trinajstić information content (AvgIpc) is 2.73. The van der Waals surface area contributed by atoms with Gasteiger partial charge in [0.1, 0.15) is 0 Å². The largest absolute Gasteiger partial charge is 0.504 e. The van der Waals surface area contributed by atoms with Crippen LogP contribution in [-0.4, -0.2) is 36.0 Å². The quantitative estimate of drug-likeness (QED) is 0.349. The molecule has 0 radical (unpaired) electrons. The summed E-state index contributed by atoms with van der Waals surface area (Å²) in [6.45, 7) is 3.66. The van der Waals surface area contributed by atoms with Gasteiger partial charge in [0.25, 0.3) is 0 Å². The molecular formula is C24H24O6. The van der Waals surface area contributed by atoms with Gasteiger partial charge in [-0.25, -0.2) is 0 Å². The molecule has 2 aromatic rings. The van der Waals surface area contributed by atoms with Crippen LogP contribution >= 0.6 is 0 Å². The van der Waals surface area contributed by atoms with Gasteiger partial charge in [-0.3, -0.25) is 9.59 Å². The number of phenols is 2. The predicted octanol–water partition coefficient (Wildman–Crippen LogP) is 4.10. The van der Waals surface area contributed by atoms with Crippen LogP contribution in [0.1, 0.15) is 23.1 Å². The van der Waals surface area contributed by atoms with Crippen molar-refractivity contribution in [1.82, 2.24) is 0 Å². The number of carbonyl (C=O) groups is 2. The second-order valence-corrected chi connectivity index (χ2v) is 6.43. The maximum atomic E-state index is 12.1. The van der Waals surface area contributed by atoms with Gasteiger partial charge >= 0.3 is 0 Å². The second-order valence-electron chi connectivity index (χ2n) is 6.43. The highest BCUT2D eigenvalue weighted by Crippen LogP contribution is 2.32. The van der Waals surface area contributed by atoms with Crippen molar-refractivity contribution < 1.29 is 29.3 Å². The Labute approximate surface area is 175 Å². The minimum Gasteiger partial charge on any atom is -0.504 e. The molecule has 0 aliphatic rings. The van der Waals surface area contributed by atoms with Gasteiger partial charge in [-0.1, -0.05) is 24.3 Å². The maximum absolute atomic E-state index is 12.1. The Morgan fingerprint density at radius 3 is 2.13 bits per heavy atom. The monoisotopic (exact) mass is 408 g/mol. The fourth-order valence-electron chi connectivity index (χ4n) is 2.72. The summed E-state index contributed by atoms with van der Waals surface area (Å²) in [4.78, 5) is 24.2. The van der Waals surface area contributed by atoms with Crippen LogP contribution in [0.4, 0.5) is 0 Å². The SMILES string of the molecule is C=CCc1cc(C=CC(=O)CC(=O)C=Cc2ccc(O)c(OC)c2)cc(OC)c1O. The highest BCUT2D eigenvalue weighted by atomic mass is 16.5. The molecule has 0 unspecified atom stereocenters. The van der Waals surface area contributed by atoms with Crippen LogP contribution in [0.15, 0.2) is 55.1 Å². The Balaban J connectivity index is 2.04. The number of rotatable bonds is 10. The van der Waals surface area contributed by atoms with Crippen LogP contribution in [0.2, 0.25) is 0 Å². The molecule has 30 heavy (non-hydrogen) atoms. The zero-order valence-electron chi connectivity index (χ0n) is 16.9. The standard InChI is InChI=1S/C24H24O6/c1-4-5-18-12-17(14-23(30-3)24(18)28)7-10-20(26)15-19(25)9-6-16-8-11-21(27)22(13-16)29-2/h4,6-14,27-28H,1,5,15H2,2-3H3. The lowest BCUT2D eigenvalue weighted by molar-refractivity contribution is -0.121. The van der Waals surface area contributed by atoms with E-state index in [2.05, 4.69) is 6.58 Å². The summed E-state index contributed by atoms with van der Waals surface area (Å²) < 4.78 is 10.2. The number of ether oxygens (including phenoxy) is 2. The molecule has 0 spiro atoms. The summed E-state index contributed by atoms with van der Waals surface area (Å²) in [6, 6.07) is 8.00. The van der Waals surface area contributed by atoms with E-state index >= 15 is 0 Å². The van der Waals surface area contributed by atoms with Crippen LogP contribution in [0.5, 0.6) is 23.0 Å². The van der Waals surface area contributed by atoms with Crippen LogP contribution < -0.4 is 9.47 Å². The first-order valence-electron chi connectivity index (χ1n) is 9.17. The molecule has 6 heteroatoms. The molecule has 0 saturated carbocycles. The fraction of sp³-hybridized carbons (Fsp3) is 0.167. The fourth-order valence-corrected chi connectivity index (χ4v) is 2.72. The third-order valence-corrected chi connectivity index (χ3v) is 4.24. The number of aromatic hydroxyl groups is 2. The molecule has 0 fully saturated rings. The van der Waals surface area contributed by atoms with E-state index in [-0.39, 0.29) is 29.5 Å². The van der Waals surface area contributed by atoms with E-state index < -0.39 is 0 Å². The van der Waals surface area contributed by atoms with E-state index in [0.717, 1.165) is 0 Å². The lowest BCUT2D eigenvalue weighted by Gasteiger charge is -2.09. The number of carbonyl (C=O) groups excluding carboxylic acids is 2. The first kappa shape index (κ1) is 22.5. The van der Waals surface area contributed by atoms with Gasteiger partial charge in [0.15, 0.2) is 34.6 Å². The van der Waals surface area contributed by atoms with Gasteiger partial charge < -0.3 is 19.7 Å². The van der Waals surface area contributed by atoms with Gasteiger partial charge in [-0.15, -0.1) is 6.58 Å². The summed E-state index contributed by atoms with van der Waals surface area (Å²) in [6.07, 6.45) is 7.57. The van der Waals surface area contributed by atoms with Gasteiger partial charge in [0.05, 0.1) is 20.6 Å². The first-order chi connectivity index (χ1) is 14.4. The molecule has 0 atom stereocenters. The molecule has 0 saturated heterocycles. The van der Waals surface area contributed by atoms with Crippen molar-refractivity contribution in [2.75, 3.05) is 14.2 Å². The zero-order valence-corrected chi connectivity index (χ0v) is 16.9. The summed E-state index contributed by atoms with van der Waals surface area (Å²) >= 11 is 0. The Hall–Kier alpha value is -3.80. The van der Waals surface area contributed by atoms with E-state index in [1.54, 1.807) is 42.5 Å². The summed E-state index contributed by atoms with van der Waals surface area (Å²) in [5, 5.41) is 19.7. The Morgan fingerprint density at radius 1 is 0.933 bits per heavy atom. The smallest absolute Gasteiger partial charge is 0.163 e. The van der Waals surface area contributed by atoms with Crippen molar-refractivity contribution in [3.8, 4) is 23.0 Å². The second kappa shape index (κ2) is 10.7. The summed E-state index contributed by atoms with van der Waals surface area (Å²) in [5.41, 5.74) is 1.95. The summed E-state index contributed by atoms with van der Waals surface area (Å²) in [7, 11) is 2.88. The lowest BCUT2D eigenvalue weighted by atomic mass is 10.0. The molecule has 156 valence electrons. The summed E-state index contributed by atoms with van der Waals surface area (Å²) in [5.74, 6) is -0.0819. The number of methoxy groups -OCH3 is 2. The number of phenolic OH excluding ortho intramolecular Hbond substituents is 2. The van der Waals surface area contributed by atoms with Crippen molar-refractivity contribution >= 4 is 23.7 Å². The van der Waals surface area contributed by atoms with Crippen molar-refractivity contribution in [3.05, 3.63) is 71.8 Å². The molecule has 2 N–H and O–H groups in total. The maximum Gasteiger partial charge on any atom is 0.163 e. The minimum absolute atomic E-state index is 0.00315. The molecule has 2 aromatic carbocycles. The van der Waals surface area contributed by atoms with Crippen molar-refractivity contribution in [1.29, 1.82) is 0 Å². The Bertz CT molecular complexity index is 1000. The molecule has 0 heterocycles. The third kappa shape index (κ3) is 6.10. The predicted molar refractivity (Wildman–Crippen MR) is 116 cm³/mol. The van der Waals surface area contributed by atoms with Crippen LogP contribution in [0.3, 0.4) is 0 Å². The first-order valence-corrected chi connectivity index (χ1v) is 9.17. The normalized spacial score (nSPS) is 11.0. The van der Waals surface area contributed by atoms with Gasteiger partial charge in [0.2, 0.25) is 0 Å². The molecule has 2 rings (SSSR count). The van der Waals surface area contributed by atoms with Crippen LogP contribution in [-0.2, 0) is 16.0 Å². The molecule has 6 nitrogen and oxygen atoms in total. The lowest BCUT2D eigenvalue weighted by Crippen LogP contribution is -2.02. The van der Waals surface area contributed by atoms with Gasteiger partial charge in [-0.2, -0.15) is 0 Å². The molecule has 0 aliphatic heterocycles. The van der Waals surface area contributed by atoms with Gasteiger partial charge in [0, 0.05) is 5.56 Å². The number of ketones is 2. The van der Waals surface area contributed by atoms with Crippen LogP contribution in [0.25, 0.3) is 12.2 Å². The third-order valence-electron chi connectivity index (χ3n) is 4.24. The van der Waals surface area contributed by atoms with Crippen molar-refractivity contribution in [2.45, 2.75) is 12.8 Å². The number of benzene rings is 2. The number of allylic oxidation sites excluding steroid dienone is 3. The van der Waals surface area contributed by atoms with Crippen molar-refractivity contribution in [3.63, 3.8) is 0 Å². The molecule has 0 bridgehead atoms. The Morgan fingerprint density at radius 2 is 1.53 bits per heavy atom. The average molecular weight is 408 g/mol. The topological polar surface area (TPSA) is 93.1 Å². The van der Waals surface area contributed by atoms with Crippen molar-refractivity contribution in [2.24, 2.45) is 0 Å². The van der Waals surface area contributed by atoms with E-state index in [9.17, 15) is 19.8 Å². The van der Waals surface area contributed by atoms with E-state index in [0.29, 0.717) is 34.6 Å². The van der Waals surface area contributed by atoms with E-state index in [4.69, 9.17) is 9.47 Å². The minimum atomic E-state index is -0.356. The number of hydrogen-bond acceptors (Lipinski definition) is 6.